The Kier molecular flexibility index (Phi) is 5.94. The van der Waals surface area contributed by atoms with E-state index in [2.05, 4.69) is 38.8 Å². The Balaban J connectivity index is 1.26. The van der Waals surface area contributed by atoms with Gasteiger partial charge in [-0.05, 0) is 43.3 Å². The van der Waals surface area contributed by atoms with Crippen molar-refractivity contribution < 1.29 is 12.8 Å². The predicted octanol–water partition coefficient (Wildman–Crippen LogP) is 1.62. The van der Waals surface area contributed by atoms with Gasteiger partial charge in [-0.25, -0.2) is 17.9 Å². The van der Waals surface area contributed by atoms with Crippen LogP contribution in [0.2, 0.25) is 0 Å². The Morgan fingerprint density at radius 2 is 1.77 bits per heavy atom. The molecule has 30 heavy (non-hydrogen) atoms. The lowest BCUT2D eigenvalue weighted by Crippen LogP contribution is -2.47. The Bertz CT molecular complexity index is 1160. The lowest BCUT2D eigenvalue weighted by atomic mass is 10.2. The molecule has 9 heteroatoms. The summed E-state index contributed by atoms with van der Waals surface area (Å²) in [5.74, 6) is -0.514. The van der Waals surface area contributed by atoms with E-state index in [1.165, 1.54) is 28.5 Å². The third-order valence-corrected chi connectivity index (χ3v) is 6.97. The number of nitrogens with one attached hydrogen (secondary N) is 1. The maximum absolute atomic E-state index is 12.6. The highest BCUT2D eigenvalue weighted by Gasteiger charge is 2.18. The van der Waals surface area contributed by atoms with Crippen LogP contribution < -0.4 is 15.4 Å². The zero-order valence-electron chi connectivity index (χ0n) is 17.0. The van der Waals surface area contributed by atoms with E-state index in [1.54, 1.807) is 7.05 Å². The van der Waals surface area contributed by atoms with Crippen LogP contribution in [0.3, 0.4) is 0 Å². The highest BCUT2D eigenvalue weighted by Crippen LogP contribution is 2.18. The summed E-state index contributed by atoms with van der Waals surface area (Å²) >= 11 is 0. The number of rotatable bonds is 7. The molecule has 0 saturated carbocycles. The molecule has 1 N–H and O–H groups in total. The van der Waals surface area contributed by atoms with Crippen molar-refractivity contribution in [3.8, 4) is 0 Å². The molecular formula is C21H26N4O4S. The van der Waals surface area contributed by atoms with Crippen LogP contribution >= 0.6 is 0 Å². The smallest absolute Gasteiger partial charge is 0.408 e. The first-order valence-electron chi connectivity index (χ1n) is 10.1. The van der Waals surface area contributed by atoms with Crippen molar-refractivity contribution in [1.29, 1.82) is 0 Å². The second-order valence-electron chi connectivity index (χ2n) is 7.47. The topological polar surface area (TPSA) is 87.8 Å². The molecule has 1 aliphatic rings. The molecule has 4 rings (SSSR count). The number of hydrogen-bond acceptors (Lipinski definition) is 6. The van der Waals surface area contributed by atoms with Gasteiger partial charge in [-0.3, -0.25) is 9.47 Å². The zero-order valence-corrected chi connectivity index (χ0v) is 17.8. The fourth-order valence-corrected chi connectivity index (χ4v) is 4.83. The normalized spacial score (nSPS) is 15.7. The number of oxazole rings is 1. The van der Waals surface area contributed by atoms with Gasteiger partial charge in [0.25, 0.3) is 0 Å². The minimum Gasteiger partial charge on any atom is -0.408 e. The van der Waals surface area contributed by atoms with Gasteiger partial charge >= 0.3 is 5.76 Å². The largest absolute Gasteiger partial charge is 0.419 e. The summed E-state index contributed by atoms with van der Waals surface area (Å²) in [5, 5.41) is 0. The average molecular weight is 431 g/mol. The zero-order chi connectivity index (χ0) is 21.1. The van der Waals surface area contributed by atoms with Crippen LogP contribution in [-0.2, 0) is 17.1 Å². The van der Waals surface area contributed by atoms with Crippen LogP contribution in [0.5, 0.6) is 0 Å². The number of para-hydroxylation sites is 1. The summed E-state index contributed by atoms with van der Waals surface area (Å²) in [6.07, 6.45) is 0.733. The van der Waals surface area contributed by atoms with Crippen molar-refractivity contribution in [2.75, 3.05) is 44.2 Å². The summed E-state index contributed by atoms with van der Waals surface area (Å²) in [5.41, 5.74) is 2.08. The standard InChI is InChI=1S/C21H26N4O4S/c1-23-19-16-18(8-9-20(19)29-21(23)26)30(27,28)22-10-5-11-24-12-14-25(15-13-24)17-6-3-2-4-7-17/h2-4,6-9,16,22H,5,10-15H2,1H3. The van der Waals surface area contributed by atoms with E-state index in [1.807, 2.05) is 6.07 Å². The fourth-order valence-electron chi connectivity index (χ4n) is 3.73. The van der Waals surface area contributed by atoms with E-state index in [0.717, 1.165) is 39.1 Å². The summed E-state index contributed by atoms with van der Waals surface area (Å²) < 4.78 is 34.2. The molecule has 1 saturated heterocycles. The Morgan fingerprint density at radius 3 is 2.50 bits per heavy atom. The molecule has 0 atom stereocenters. The Morgan fingerprint density at radius 1 is 1.03 bits per heavy atom. The molecule has 0 radical (unpaired) electrons. The number of benzene rings is 2. The maximum atomic E-state index is 12.6. The summed E-state index contributed by atoms with van der Waals surface area (Å²) in [6, 6.07) is 14.8. The second-order valence-corrected chi connectivity index (χ2v) is 9.24. The minimum absolute atomic E-state index is 0.128. The summed E-state index contributed by atoms with van der Waals surface area (Å²) in [4.78, 5) is 16.4. The maximum Gasteiger partial charge on any atom is 0.419 e. The van der Waals surface area contributed by atoms with Gasteiger partial charge in [-0.15, -0.1) is 0 Å². The molecule has 1 fully saturated rings. The first-order valence-corrected chi connectivity index (χ1v) is 11.5. The van der Waals surface area contributed by atoms with Gasteiger partial charge in [0.2, 0.25) is 10.0 Å². The Labute approximate surface area is 175 Å². The molecule has 1 aromatic heterocycles. The fraction of sp³-hybridized carbons (Fsp3) is 0.381. The van der Waals surface area contributed by atoms with Crippen molar-refractivity contribution in [1.82, 2.24) is 14.2 Å². The number of nitrogens with zero attached hydrogens (tertiary/aromatic N) is 3. The lowest BCUT2D eigenvalue weighted by molar-refractivity contribution is 0.255. The van der Waals surface area contributed by atoms with Gasteiger partial charge in [0.05, 0.1) is 10.4 Å². The summed E-state index contributed by atoms with van der Waals surface area (Å²) in [6.45, 7) is 5.09. The van der Waals surface area contributed by atoms with Crippen LogP contribution in [0.25, 0.3) is 11.1 Å². The van der Waals surface area contributed by atoms with Crippen molar-refractivity contribution in [2.45, 2.75) is 11.3 Å². The highest BCUT2D eigenvalue weighted by atomic mass is 32.2. The molecule has 0 bridgehead atoms. The molecule has 0 spiro atoms. The van der Waals surface area contributed by atoms with E-state index < -0.39 is 15.8 Å². The second kappa shape index (κ2) is 8.63. The SMILES string of the molecule is Cn1c(=O)oc2ccc(S(=O)(=O)NCCCN3CCN(c4ccccc4)CC3)cc21. The third-order valence-electron chi connectivity index (χ3n) is 5.51. The van der Waals surface area contributed by atoms with Crippen LogP contribution in [0.4, 0.5) is 5.69 Å². The van der Waals surface area contributed by atoms with Crippen molar-refractivity contribution in [3.05, 3.63) is 59.1 Å². The van der Waals surface area contributed by atoms with Crippen LogP contribution in [0.15, 0.2) is 62.6 Å². The first-order chi connectivity index (χ1) is 14.4. The van der Waals surface area contributed by atoms with E-state index >= 15 is 0 Å². The number of anilines is 1. The molecule has 8 nitrogen and oxygen atoms in total. The van der Waals surface area contributed by atoms with Gasteiger partial charge in [-0.2, -0.15) is 0 Å². The molecule has 2 heterocycles. The predicted molar refractivity (Wildman–Crippen MR) is 116 cm³/mol. The van der Waals surface area contributed by atoms with E-state index in [0.29, 0.717) is 17.6 Å². The monoisotopic (exact) mass is 430 g/mol. The first kappa shape index (κ1) is 20.6. The van der Waals surface area contributed by atoms with Gasteiger partial charge in [0.15, 0.2) is 5.58 Å². The number of sulfonamides is 1. The molecule has 2 aromatic carbocycles. The molecule has 3 aromatic rings. The summed E-state index contributed by atoms with van der Waals surface area (Å²) in [7, 11) is -2.09. The lowest BCUT2D eigenvalue weighted by Gasteiger charge is -2.36. The number of piperazine rings is 1. The Hall–Kier alpha value is -2.62. The van der Waals surface area contributed by atoms with E-state index in [-0.39, 0.29) is 4.90 Å². The number of hydrogen-bond donors (Lipinski definition) is 1. The number of aromatic nitrogens is 1. The average Bonchev–Trinajstić information content (AvgIpc) is 3.05. The number of aryl methyl sites for hydroxylation is 1. The highest BCUT2D eigenvalue weighted by molar-refractivity contribution is 7.89. The van der Waals surface area contributed by atoms with Crippen LogP contribution in [0.1, 0.15) is 6.42 Å². The van der Waals surface area contributed by atoms with Crippen molar-refractivity contribution in [2.24, 2.45) is 7.05 Å². The van der Waals surface area contributed by atoms with Gasteiger partial charge in [0.1, 0.15) is 0 Å². The third kappa shape index (κ3) is 4.43. The molecule has 0 unspecified atom stereocenters. The molecule has 0 aliphatic carbocycles. The van der Waals surface area contributed by atoms with Gasteiger partial charge < -0.3 is 9.32 Å². The van der Waals surface area contributed by atoms with Crippen molar-refractivity contribution in [3.63, 3.8) is 0 Å². The van der Waals surface area contributed by atoms with Gasteiger partial charge in [0, 0.05) is 45.5 Å². The molecular weight excluding hydrogens is 404 g/mol. The number of fused-ring (bicyclic) bond motifs is 1. The van der Waals surface area contributed by atoms with Gasteiger partial charge in [-0.1, -0.05) is 18.2 Å². The molecule has 1 aliphatic heterocycles. The molecule has 0 amide bonds. The quantitative estimate of drug-likeness (QED) is 0.573. The van der Waals surface area contributed by atoms with E-state index in [4.69, 9.17) is 4.42 Å². The van der Waals surface area contributed by atoms with Crippen LogP contribution in [0, 0.1) is 0 Å². The van der Waals surface area contributed by atoms with Crippen molar-refractivity contribution >= 4 is 26.8 Å². The minimum atomic E-state index is -3.64. The molecule has 160 valence electrons. The van der Waals surface area contributed by atoms with Crippen LogP contribution in [-0.4, -0.2) is 57.2 Å². The van der Waals surface area contributed by atoms with E-state index in [9.17, 15) is 13.2 Å².